The highest BCUT2D eigenvalue weighted by molar-refractivity contribution is 5.93. The lowest BCUT2D eigenvalue weighted by Gasteiger charge is -2.20. The number of rotatable bonds is 0. The summed E-state index contributed by atoms with van der Waals surface area (Å²) in [7, 11) is 2.23. The zero-order valence-corrected chi connectivity index (χ0v) is 17.4. The van der Waals surface area contributed by atoms with Gasteiger partial charge in [-0.3, -0.25) is 0 Å². The molecule has 5 rings (SSSR count). The van der Waals surface area contributed by atoms with Crippen molar-refractivity contribution in [1.29, 1.82) is 0 Å². The Morgan fingerprint density at radius 1 is 0.815 bits per heavy atom. The largest absolute Gasteiger partial charge is 0.290 e. The molecule has 2 heterocycles. The lowest BCUT2D eigenvalue weighted by molar-refractivity contribution is -0.634. The molecule has 0 bridgehead atoms. The van der Waals surface area contributed by atoms with Gasteiger partial charge in [-0.2, -0.15) is 0 Å². The molecule has 4 aromatic rings. The van der Waals surface area contributed by atoms with Crippen LogP contribution in [-0.4, -0.2) is 4.57 Å². The van der Waals surface area contributed by atoms with Crippen molar-refractivity contribution in [2.24, 2.45) is 7.05 Å². The van der Waals surface area contributed by atoms with E-state index in [4.69, 9.17) is 0 Å². The number of benzene rings is 3. The smallest absolute Gasteiger partial charge is 0.225 e. The molecule has 2 heteroatoms. The van der Waals surface area contributed by atoms with E-state index in [1.807, 2.05) is 0 Å². The van der Waals surface area contributed by atoms with E-state index < -0.39 is 0 Å². The molecule has 0 atom stereocenters. The van der Waals surface area contributed by atoms with Crippen molar-refractivity contribution in [2.45, 2.75) is 47.1 Å². The number of hydrogen-bond donors (Lipinski definition) is 0. The lowest BCUT2D eigenvalue weighted by Crippen LogP contribution is -2.30. The predicted octanol–water partition coefficient (Wildman–Crippen LogP) is 5.62. The Labute approximate surface area is 161 Å². The molecule has 0 amide bonds. The van der Waals surface area contributed by atoms with Gasteiger partial charge in [0.2, 0.25) is 0 Å². The van der Waals surface area contributed by atoms with Gasteiger partial charge >= 0.3 is 0 Å². The van der Waals surface area contributed by atoms with Crippen LogP contribution in [0.25, 0.3) is 33.2 Å². The number of aryl methyl sites for hydroxylation is 3. The molecule has 1 aliphatic rings. The van der Waals surface area contributed by atoms with Crippen LogP contribution in [-0.2, 0) is 12.6 Å². The second-order valence-electron chi connectivity index (χ2n) is 8.72. The first-order chi connectivity index (χ1) is 12.7. The Hall–Kier alpha value is -2.61. The first kappa shape index (κ1) is 16.6. The van der Waals surface area contributed by atoms with E-state index >= 15 is 0 Å². The average molecular weight is 356 g/mol. The highest BCUT2D eigenvalue weighted by Crippen LogP contribution is 2.47. The molecule has 0 radical (unpaired) electrons. The van der Waals surface area contributed by atoms with Crippen molar-refractivity contribution >= 4 is 21.8 Å². The molecule has 2 nitrogen and oxygen atoms in total. The van der Waals surface area contributed by atoms with Crippen molar-refractivity contribution in [3.63, 3.8) is 0 Å². The maximum Gasteiger partial charge on any atom is 0.290 e. The number of aromatic nitrogens is 2. The molecular formula is C25H27N2+. The third-order valence-electron chi connectivity index (χ3n) is 7.06. The third kappa shape index (κ3) is 1.83. The topological polar surface area (TPSA) is 8.81 Å². The summed E-state index contributed by atoms with van der Waals surface area (Å²) in [6.45, 7) is 13.8. The summed E-state index contributed by atoms with van der Waals surface area (Å²) < 4.78 is 5.01. The number of fused-ring (bicyclic) bond motifs is 6. The Balaban J connectivity index is 2.02. The van der Waals surface area contributed by atoms with Crippen LogP contribution < -0.4 is 4.57 Å². The van der Waals surface area contributed by atoms with Crippen LogP contribution in [0.15, 0.2) is 36.4 Å². The highest BCUT2D eigenvalue weighted by atomic mass is 15.2. The fourth-order valence-electron chi connectivity index (χ4n) is 5.22. The van der Waals surface area contributed by atoms with Gasteiger partial charge < -0.3 is 0 Å². The zero-order chi connectivity index (χ0) is 19.2. The molecule has 0 aliphatic carbocycles. The van der Waals surface area contributed by atoms with Crippen LogP contribution in [0.3, 0.4) is 0 Å². The molecular weight excluding hydrogens is 328 g/mol. The van der Waals surface area contributed by atoms with E-state index in [-0.39, 0.29) is 5.54 Å². The fraction of sp³-hybridized carbons (Fsp3) is 0.320. The molecule has 1 aliphatic heterocycles. The first-order valence-electron chi connectivity index (χ1n) is 9.80. The minimum Gasteiger partial charge on any atom is -0.225 e. The summed E-state index contributed by atoms with van der Waals surface area (Å²) in [4.78, 5) is 0. The number of nitrogens with zero attached hydrogens (tertiary/aromatic N) is 2. The monoisotopic (exact) mass is 355 g/mol. The SMILES string of the molecule is Cc1c(C)c(C)c2c(c1C)n1c([n+]2C)-c2cc3ccccc3cc2C1(C)C. The molecule has 0 N–H and O–H groups in total. The van der Waals surface area contributed by atoms with E-state index in [2.05, 4.69) is 94.1 Å². The summed E-state index contributed by atoms with van der Waals surface area (Å²) in [5.41, 5.74) is 11.1. The van der Waals surface area contributed by atoms with Gasteiger partial charge in [-0.1, -0.05) is 24.3 Å². The normalized spacial score (nSPS) is 14.8. The van der Waals surface area contributed by atoms with Crippen LogP contribution in [0.4, 0.5) is 0 Å². The van der Waals surface area contributed by atoms with E-state index in [1.165, 1.54) is 61.0 Å². The summed E-state index contributed by atoms with van der Waals surface area (Å²) in [6, 6.07) is 13.5. The van der Waals surface area contributed by atoms with E-state index in [1.54, 1.807) is 0 Å². The van der Waals surface area contributed by atoms with E-state index in [0.29, 0.717) is 0 Å². The Morgan fingerprint density at radius 3 is 2.07 bits per heavy atom. The molecule has 1 aromatic heterocycles. The minimum absolute atomic E-state index is 0.0763. The van der Waals surface area contributed by atoms with Crippen molar-refractivity contribution in [1.82, 2.24) is 4.57 Å². The van der Waals surface area contributed by atoms with Crippen molar-refractivity contribution in [3.8, 4) is 11.4 Å². The first-order valence-corrected chi connectivity index (χ1v) is 9.80. The number of hydrogen-bond acceptors (Lipinski definition) is 0. The summed E-state index contributed by atoms with van der Waals surface area (Å²) in [5.74, 6) is 1.33. The van der Waals surface area contributed by atoms with Gasteiger partial charge in [-0.25, -0.2) is 9.13 Å². The Kier molecular flexibility index (Phi) is 3.07. The van der Waals surface area contributed by atoms with Crippen LogP contribution in [0.1, 0.15) is 41.7 Å². The third-order valence-corrected chi connectivity index (χ3v) is 7.06. The quantitative estimate of drug-likeness (QED) is 0.362. The maximum atomic E-state index is 2.58. The zero-order valence-electron chi connectivity index (χ0n) is 17.4. The fourth-order valence-corrected chi connectivity index (χ4v) is 5.22. The van der Waals surface area contributed by atoms with Crippen LogP contribution in [0.5, 0.6) is 0 Å². The van der Waals surface area contributed by atoms with Crippen LogP contribution >= 0.6 is 0 Å². The summed E-state index contributed by atoms with van der Waals surface area (Å²) in [6.07, 6.45) is 0. The molecule has 27 heavy (non-hydrogen) atoms. The van der Waals surface area contributed by atoms with Gasteiger partial charge in [-0.15, -0.1) is 0 Å². The van der Waals surface area contributed by atoms with Gasteiger partial charge in [-0.05, 0) is 75.6 Å². The molecule has 0 saturated carbocycles. The second kappa shape index (κ2) is 5.01. The molecule has 0 unspecified atom stereocenters. The average Bonchev–Trinajstić information content (AvgIpc) is 3.08. The van der Waals surface area contributed by atoms with Crippen LogP contribution in [0.2, 0.25) is 0 Å². The van der Waals surface area contributed by atoms with Crippen LogP contribution in [0, 0.1) is 27.7 Å². The minimum atomic E-state index is -0.0763. The van der Waals surface area contributed by atoms with E-state index in [9.17, 15) is 0 Å². The van der Waals surface area contributed by atoms with E-state index in [0.717, 1.165) is 0 Å². The molecule has 0 fully saturated rings. The Bertz CT molecular complexity index is 1290. The van der Waals surface area contributed by atoms with Crippen molar-refractivity contribution in [3.05, 3.63) is 64.2 Å². The van der Waals surface area contributed by atoms with Gasteiger partial charge in [0.1, 0.15) is 5.54 Å². The maximum absolute atomic E-state index is 2.58. The number of imidazole rings is 1. The standard InChI is InChI=1S/C25H27N2/c1-14-15(2)17(4)23-22(16(14)3)26(7)24-20-12-18-10-8-9-11-19(18)13-21(20)25(5,6)27(23)24/h8-13H,1-7H3/q+1. The summed E-state index contributed by atoms with van der Waals surface area (Å²) >= 11 is 0. The lowest BCUT2D eigenvalue weighted by atomic mass is 9.90. The van der Waals surface area contributed by atoms with Gasteiger partial charge in [0, 0.05) is 16.7 Å². The van der Waals surface area contributed by atoms with Gasteiger partial charge in [0.05, 0.1) is 12.6 Å². The van der Waals surface area contributed by atoms with Crippen molar-refractivity contribution in [2.75, 3.05) is 0 Å². The van der Waals surface area contributed by atoms with Gasteiger partial charge in [0.25, 0.3) is 5.82 Å². The predicted molar refractivity (Wildman–Crippen MR) is 113 cm³/mol. The molecule has 0 spiro atoms. The molecule has 3 aromatic carbocycles. The highest BCUT2D eigenvalue weighted by Gasteiger charge is 2.46. The van der Waals surface area contributed by atoms with Gasteiger partial charge in [0.15, 0.2) is 11.0 Å². The molecule has 0 saturated heterocycles. The summed E-state index contributed by atoms with van der Waals surface area (Å²) in [5, 5.41) is 2.63. The van der Waals surface area contributed by atoms with Crippen molar-refractivity contribution < 1.29 is 4.57 Å². The molecule has 136 valence electrons. The Morgan fingerprint density at radius 2 is 1.41 bits per heavy atom. The second-order valence-corrected chi connectivity index (χ2v) is 8.72.